The van der Waals surface area contributed by atoms with Crippen LogP contribution in [0.1, 0.15) is 47.8 Å². The van der Waals surface area contributed by atoms with E-state index < -0.39 is 58.6 Å². The average molecular weight is 525 g/mol. The Morgan fingerprint density at radius 2 is 1.49 bits per heavy atom. The standard InChI is InChI=1S/C18H16F4O2.C7H8N2O4/c1-3-17(23)24-10(2)18(11-4-6-13(19)15(21)8-11)12-5-7-14(20)16(22)9-12;1-13-4-2-3-9(12)5(6(4)10)7(8)11/h4-10,18H,3H2,1-2H3;2-3H,1H3,(H3-,8,10,11,12)/p+1. The number of pyridine rings is 1. The van der Waals surface area contributed by atoms with Crippen LogP contribution < -0.4 is 15.2 Å². The second-order valence-electron chi connectivity index (χ2n) is 7.66. The first-order chi connectivity index (χ1) is 17.4. The Balaban J connectivity index is 0.000000312. The Kier molecular flexibility index (Phi) is 9.81. The Labute approximate surface area is 209 Å². The lowest BCUT2D eigenvalue weighted by molar-refractivity contribution is -0.906. The van der Waals surface area contributed by atoms with Gasteiger partial charge in [-0.2, -0.15) is 0 Å². The Morgan fingerprint density at radius 1 is 0.973 bits per heavy atom. The number of amides is 1. The van der Waals surface area contributed by atoms with Crippen molar-refractivity contribution in [1.82, 2.24) is 0 Å². The molecule has 198 valence electrons. The van der Waals surface area contributed by atoms with Crippen LogP contribution >= 0.6 is 0 Å². The molecular weight excluding hydrogens is 500 g/mol. The number of nitrogens with two attached hydrogens (primary N) is 1. The lowest BCUT2D eigenvalue weighted by Crippen LogP contribution is -2.39. The highest BCUT2D eigenvalue weighted by Crippen LogP contribution is 2.32. The number of rotatable bonds is 7. The number of hydrogen-bond donors (Lipinski definition) is 3. The molecule has 0 spiro atoms. The molecule has 0 aliphatic rings. The van der Waals surface area contributed by atoms with Gasteiger partial charge in [0, 0.05) is 17.1 Å². The summed E-state index contributed by atoms with van der Waals surface area (Å²) >= 11 is 0. The van der Waals surface area contributed by atoms with E-state index in [4.69, 9.17) is 20.4 Å². The maximum absolute atomic E-state index is 13.6. The zero-order valence-corrected chi connectivity index (χ0v) is 20.0. The van der Waals surface area contributed by atoms with Crippen LogP contribution in [0.5, 0.6) is 11.5 Å². The summed E-state index contributed by atoms with van der Waals surface area (Å²) in [5.41, 5.74) is 5.06. The molecule has 0 saturated carbocycles. The van der Waals surface area contributed by atoms with Crippen LogP contribution in [0.15, 0.2) is 48.7 Å². The van der Waals surface area contributed by atoms with Crippen molar-refractivity contribution in [3.05, 3.63) is 88.8 Å². The number of methoxy groups -OCH3 is 1. The molecule has 0 aliphatic heterocycles. The molecule has 0 bridgehead atoms. The molecule has 1 unspecified atom stereocenters. The Hall–Kier alpha value is -4.35. The van der Waals surface area contributed by atoms with Crippen molar-refractivity contribution in [2.24, 2.45) is 5.73 Å². The van der Waals surface area contributed by atoms with Crippen molar-refractivity contribution in [1.29, 1.82) is 0 Å². The highest BCUT2D eigenvalue weighted by atomic mass is 19.2. The van der Waals surface area contributed by atoms with Crippen LogP contribution in [-0.2, 0) is 9.53 Å². The quantitative estimate of drug-likeness (QED) is 0.187. The average Bonchev–Trinajstić information content (AvgIpc) is 2.84. The molecule has 37 heavy (non-hydrogen) atoms. The zero-order valence-electron chi connectivity index (χ0n) is 20.0. The van der Waals surface area contributed by atoms with E-state index in [1.807, 2.05) is 0 Å². The van der Waals surface area contributed by atoms with Crippen LogP contribution in [0.4, 0.5) is 17.6 Å². The van der Waals surface area contributed by atoms with Gasteiger partial charge in [0.15, 0.2) is 29.0 Å². The number of primary amides is 1. The first-order valence-corrected chi connectivity index (χ1v) is 10.8. The highest BCUT2D eigenvalue weighted by molar-refractivity contribution is 5.92. The summed E-state index contributed by atoms with van der Waals surface area (Å²) in [6, 6.07) is 7.72. The summed E-state index contributed by atoms with van der Waals surface area (Å²) in [5.74, 6) is -6.83. The SMILES string of the molecule is CCC(=O)OC(C)C(c1ccc(F)c(F)c1)c1ccc(F)c(F)c1.COc1cc[n+](O)c(C(N)=O)c1O. The fourth-order valence-electron chi connectivity index (χ4n) is 3.42. The number of ether oxygens (including phenoxy) is 2. The van der Waals surface area contributed by atoms with E-state index in [-0.39, 0.29) is 23.3 Å². The second kappa shape index (κ2) is 12.6. The Bertz CT molecular complexity index is 1240. The van der Waals surface area contributed by atoms with Crippen molar-refractivity contribution >= 4 is 11.9 Å². The lowest BCUT2D eigenvalue weighted by atomic mass is 9.87. The third-order valence-corrected chi connectivity index (χ3v) is 5.19. The van der Waals surface area contributed by atoms with Crippen LogP contribution in [0.25, 0.3) is 0 Å². The van der Waals surface area contributed by atoms with E-state index in [1.165, 1.54) is 25.3 Å². The third-order valence-electron chi connectivity index (χ3n) is 5.19. The van der Waals surface area contributed by atoms with Crippen LogP contribution in [0.3, 0.4) is 0 Å². The number of nitrogens with zero attached hydrogens (tertiary/aromatic N) is 1. The monoisotopic (exact) mass is 525 g/mol. The number of carbonyl (C=O) groups excluding carboxylic acids is 2. The first-order valence-electron chi connectivity index (χ1n) is 10.8. The molecular formula is C25H25F4N2O6+. The third kappa shape index (κ3) is 7.09. The summed E-state index contributed by atoms with van der Waals surface area (Å²) in [7, 11) is 1.32. The maximum atomic E-state index is 13.6. The summed E-state index contributed by atoms with van der Waals surface area (Å²) in [6.07, 6.45) is 0.484. The summed E-state index contributed by atoms with van der Waals surface area (Å²) in [4.78, 5) is 22.3. The largest absolute Gasteiger partial charge is 0.499 e. The molecule has 1 aromatic heterocycles. The molecule has 1 heterocycles. The van der Waals surface area contributed by atoms with Crippen molar-refractivity contribution in [3.63, 3.8) is 0 Å². The van der Waals surface area contributed by atoms with E-state index in [1.54, 1.807) is 13.8 Å². The van der Waals surface area contributed by atoms with Gasteiger partial charge in [0.1, 0.15) is 6.10 Å². The Morgan fingerprint density at radius 3 is 1.89 bits per heavy atom. The van der Waals surface area contributed by atoms with Crippen molar-refractivity contribution < 1.29 is 51.7 Å². The number of benzene rings is 2. The van der Waals surface area contributed by atoms with E-state index in [0.717, 1.165) is 30.5 Å². The highest BCUT2D eigenvalue weighted by Gasteiger charge is 2.27. The fourth-order valence-corrected chi connectivity index (χ4v) is 3.42. The maximum Gasteiger partial charge on any atom is 0.366 e. The van der Waals surface area contributed by atoms with E-state index >= 15 is 0 Å². The molecule has 0 fully saturated rings. The topological polar surface area (TPSA) is 123 Å². The van der Waals surface area contributed by atoms with Crippen molar-refractivity contribution in [2.75, 3.05) is 7.11 Å². The number of carbonyl (C=O) groups is 2. The van der Waals surface area contributed by atoms with Gasteiger partial charge in [-0.3, -0.25) is 14.8 Å². The first kappa shape index (κ1) is 28.9. The molecule has 3 rings (SSSR count). The van der Waals surface area contributed by atoms with Gasteiger partial charge in [-0.1, -0.05) is 19.1 Å². The number of halogens is 4. The summed E-state index contributed by atoms with van der Waals surface area (Å²) in [6.45, 7) is 3.17. The van der Waals surface area contributed by atoms with Gasteiger partial charge in [0.05, 0.1) is 13.2 Å². The van der Waals surface area contributed by atoms with E-state index in [0.29, 0.717) is 4.73 Å². The molecule has 0 radical (unpaired) electrons. The molecule has 0 aliphatic carbocycles. The fraction of sp³-hybridized carbons (Fsp3) is 0.240. The number of aromatic nitrogens is 1. The predicted octanol–water partition coefficient (Wildman–Crippen LogP) is 3.74. The van der Waals surface area contributed by atoms with Crippen molar-refractivity contribution in [3.8, 4) is 11.5 Å². The van der Waals surface area contributed by atoms with Gasteiger partial charge in [-0.05, 0) is 42.3 Å². The number of hydrogen-bond acceptors (Lipinski definition) is 6. The molecule has 1 amide bonds. The van der Waals surface area contributed by atoms with E-state index in [2.05, 4.69) is 0 Å². The van der Waals surface area contributed by atoms with Gasteiger partial charge < -0.3 is 20.3 Å². The predicted molar refractivity (Wildman–Crippen MR) is 121 cm³/mol. The van der Waals surface area contributed by atoms with Crippen LogP contribution in [0, 0.1) is 23.3 Å². The second-order valence-corrected chi connectivity index (χ2v) is 7.66. The number of aromatic hydroxyl groups is 1. The van der Waals surface area contributed by atoms with Gasteiger partial charge in [-0.15, -0.1) is 0 Å². The molecule has 2 aromatic carbocycles. The molecule has 8 nitrogen and oxygen atoms in total. The number of esters is 1. The molecule has 4 N–H and O–H groups in total. The minimum absolute atomic E-state index is 0.0686. The minimum Gasteiger partial charge on any atom is -0.499 e. The van der Waals surface area contributed by atoms with Gasteiger partial charge in [0.2, 0.25) is 11.9 Å². The smallest absolute Gasteiger partial charge is 0.366 e. The molecule has 3 aromatic rings. The molecule has 12 heteroatoms. The van der Waals surface area contributed by atoms with Crippen LogP contribution in [0.2, 0.25) is 0 Å². The van der Waals surface area contributed by atoms with Crippen LogP contribution in [-0.4, -0.2) is 35.4 Å². The van der Waals surface area contributed by atoms with Crippen molar-refractivity contribution in [2.45, 2.75) is 32.3 Å². The molecule has 0 saturated heterocycles. The molecule has 1 atom stereocenters. The lowest BCUT2D eigenvalue weighted by Gasteiger charge is -2.25. The van der Waals surface area contributed by atoms with Gasteiger partial charge in [0.25, 0.3) is 0 Å². The van der Waals surface area contributed by atoms with Gasteiger partial charge in [-0.25, -0.2) is 17.6 Å². The normalized spacial score (nSPS) is 11.4. The summed E-state index contributed by atoms with van der Waals surface area (Å²) in [5, 5.41) is 18.4. The minimum atomic E-state index is -1.07. The van der Waals surface area contributed by atoms with E-state index in [9.17, 15) is 32.3 Å². The zero-order chi connectivity index (χ0) is 27.9. The summed E-state index contributed by atoms with van der Waals surface area (Å²) < 4.78 is 63.9. The van der Waals surface area contributed by atoms with Gasteiger partial charge >= 0.3 is 17.6 Å².